The van der Waals surface area contributed by atoms with E-state index in [-0.39, 0.29) is 17.3 Å². The predicted molar refractivity (Wildman–Crippen MR) is 113 cm³/mol. The first-order valence-electron chi connectivity index (χ1n) is 9.72. The third kappa shape index (κ3) is 5.31. The molecule has 3 aromatic rings. The van der Waals surface area contributed by atoms with Gasteiger partial charge in [-0.25, -0.2) is 22.8 Å². The molecule has 1 N–H and O–H groups in total. The maximum Gasteiger partial charge on any atom is 0.253 e. The fourth-order valence-electron chi connectivity index (χ4n) is 3.07. The van der Waals surface area contributed by atoms with Gasteiger partial charge in [0.05, 0.1) is 11.4 Å². The van der Waals surface area contributed by atoms with Gasteiger partial charge in [-0.2, -0.15) is 5.10 Å². The number of rotatable bonds is 9. The largest absolute Gasteiger partial charge is 0.339 e. The van der Waals surface area contributed by atoms with Crippen LogP contribution in [0.25, 0.3) is 0 Å². The van der Waals surface area contributed by atoms with Crippen LogP contribution in [0.15, 0.2) is 66.1 Å². The van der Waals surface area contributed by atoms with Gasteiger partial charge in [-0.1, -0.05) is 24.3 Å². The minimum absolute atomic E-state index is 0.110. The van der Waals surface area contributed by atoms with Crippen molar-refractivity contribution in [2.75, 3.05) is 13.1 Å². The van der Waals surface area contributed by atoms with Crippen molar-refractivity contribution in [3.8, 4) is 0 Å². The molecule has 1 aromatic heterocycles. The molecule has 2 aromatic carbocycles. The quantitative estimate of drug-likeness (QED) is 0.565. The summed E-state index contributed by atoms with van der Waals surface area (Å²) in [6.07, 6.45) is 3.10. The molecule has 0 saturated heterocycles. The topological polar surface area (TPSA) is 97.2 Å². The van der Waals surface area contributed by atoms with Crippen LogP contribution in [0.3, 0.4) is 0 Å². The van der Waals surface area contributed by atoms with Crippen molar-refractivity contribution < 1.29 is 13.2 Å². The van der Waals surface area contributed by atoms with E-state index in [0.717, 1.165) is 11.1 Å². The molecule has 30 heavy (non-hydrogen) atoms. The van der Waals surface area contributed by atoms with E-state index < -0.39 is 10.0 Å². The highest BCUT2D eigenvalue weighted by molar-refractivity contribution is 7.89. The second kappa shape index (κ2) is 9.64. The molecule has 1 amide bonds. The monoisotopic (exact) mass is 427 g/mol. The van der Waals surface area contributed by atoms with Gasteiger partial charge in [-0.3, -0.25) is 4.79 Å². The van der Waals surface area contributed by atoms with Gasteiger partial charge in [0.25, 0.3) is 5.91 Å². The molecular formula is C21H25N5O3S. The van der Waals surface area contributed by atoms with Crippen molar-refractivity contribution in [1.29, 1.82) is 0 Å². The van der Waals surface area contributed by atoms with Crippen LogP contribution in [-0.2, 0) is 23.1 Å². The van der Waals surface area contributed by atoms with Crippen molar-refractivity contribution in [2.24, 2.45) is 0 Å². The van der Waals surface area contributed by atoms with E-state index in [1.807, 2.05) is 38.1 Å². The van der Waals surface area contributed by atoms with Crippen LogP contribution in [0.1, 0.15) is 35.3 Å². The van der Waals surface area contributed by atoms with E-state index in [9.17, 15) is 13.2 Å². The Morgan fingerprint density at radius 1 is 1.07 bits per heavy atom. The van der Waals surface area contributed by atoms with Crippen LogP contribution in [0.2, 0.25) is 0 Å². The second-order valence-corrected chi connectivity index (χ2v) is 8.51. The molecular weight excluding hydrogens is 402 g/mol. The average Bonchev–Trinajstić information content (AvgIpc) is 3.26. The highest BCUT2D eigenvalue weighted by Crippen LogP contribution is 2.14. The number of sulfonamides is 1. The molecule has 0 aliphatic heterocycles. The SMILES string of the molecule is CCN(CC)C(=O)c1ccc(S(=O)(=O)NCc2cccc(Cn3cncn3)c2)cc1. The summed E-state index contributed by atoms with van der Waals surface area (Å²) in [5.74, 6) is -0.110. The van der Waals surface area contributed by atoms with Gasteiger partial charge in [0.15, 0.2) is 0 Å². The van der Waals surface area contributed by atoms with Crippen molar-refractivity contribution in [3.05, 3.63) is 77.9 Å². The number of nitrogens with one attached hydrogen (secondary N) is 1. The molecule has 158 valence electrons. The van der Waals surface area contributed by atoms with Gasteiger partial charge in [-0.05, 0) is 49.2 Å². The lowest BCUT2D eigenvalue weighted by Gasteiger charge is -2.18. The molecule has 0 fully saturated rings. The maximum absolute atomic E-state index is 12.6. The average molecular weight is 428 g/mol. The standard InChI is InChI=1S/C21H25N5O3S/c1-3-25(4-2)21(27)19-8-10-20(11-9-19)30(28,29)24-13-17-6-5-7-18(12-17)14-26-16-22-15-23-26/h5-12,15-16,24H,3-4,13-14H2,1-2H3. The van der Waals surface area contributed by atoms with Crippen LogP contribution in [0, 0.1) is 0 Å². The lowest BCUT2D eigenvalue weighted by atomic mass is 10.1. The summed E-state index contributed by atoms with van der Waals surface area (Å²) in [5, 5.41) is 4.07. The van der Waals surface area contributed by atoms with E-state index >= 15 is 0 Å². The Bertz CT molecular complexity index is 1080. The Balaban J connectivity index is 1.66. The Hall–Kier alpha value is -3.04. The fourth-order valence-corrected chi connectivity index (χ4v) is 4.09. The number of hydrogen-bond acceptors (Lipinski definition) is 5. The summed E-state index contributed by atoms with van der Waals surface area (Å²) in [7, 11) is -3.70. The Morgan fingerprint density at radius 2 is 1.77 bits per heavy atom. The minimum Gasteiger partial charge on any atom is -0.339 e. The molecule has 0 bridgehead atoms. The Labute approximate surface area is 176 Å². The minimum atomic E-state index is -3.70. The number of carbonyl (C=O) groups is 1. The van der Waals surface area contributed by atoms with Crippen LogP contribution in [0.4, 0.5) is 0 Å². The zero-order valence-electron chi connectivity index (χ0n) is 17.0. The summed E-state index contributed by atoms with van der Waals surface area (Å²) in [4.78, 5) is 18.1. The zero-order chi connectivity index (χ0) is 21.6. The van der Waals surface area contributed by atoms with Gasteiger partial charge in [0.1, 0.15) is 12.7 Å². The third-order valence-electron chi connectivity index (χ3n) is 4.73. The number of nitrogens with zero attached hydrogens (tertiary/aromatic N) is 4. The van der Waals surface area contributed by atoms with E-state index in [1.165, 1.54) is 18.5 Å². The molecule has 0 aliphatic carbocycles. The zero-order valence-corrected chi connectivity index (χ0v) is 17.8. The Kier molecular flexibility index (Phi) is 6.96. The number of amides is 1. The third-order valence-corrected chi connectivity index (χ3v) is 6.15. The maximum atomic E-state index is 12.6. The van der Waals surface area contributed by atoms with E-state index in [1.54, 1.807) is 28.0 Å². The normalized spacial score (nSPS) is 11.4. The van der Waals surface area contributed by atoms with Gasteiger partial charge in [0, 0.05) is 25.2 Å². The highest BCUT2D eigenvalue weighted by Gasteiger charge is 2.17. The van der Waals surface area contributed by atoms with Crippen LogP contribution >= 0.6 is 0 Å². The lowest BCUT2D eigenvalue weighted by molar-refractivity contribution is 0.0773. The first-order chi connectivity index (χ1) is 14.4. The molecule has 0 radical (unpaired) electrons. The highest BCUT2D eigenvalue weighted by atomic mass is 32.2. The second-order valence-electron chi connectivity index (χ2n) is 6.74. The molecule has 3 rings (SSSR count). The molecule has 0 saturated carbocycles. The smallest absolute Gasteiger partial charge is 0.253 e. The number of aromatic nitrogens is 3. The molecule has 1 heterocycles. The van der Waals surface area contributed by atoms with Gasteiger partial charge in [-0.15, -0.1) is 0 Å². The van der Waals surface area contributed by atoms with E-state index in [4.69, 9.17) is 0 Å². The van der Waals surface area contributed by atoms with Crippen LogP contribution < -0.4 is 4.72 Å². The van der Waals surface area contributed by atoms with Crippen molar-refractivity contribution in [2.45, 2.75) is 31.8 Å². The van der Waals surface area contributed by atoms with Gasteiger partial charge in [0.2, 0.25) is 10.0 Å². The molecule has 8 nitrogen and oxygen atoms in total. The Morgan fingerprint density at radius 3 is 2.40 bits per heavy atom. The summed E-state index contributed by atoms with van der Waals surface area (Å²) in [6.45, 7) is 5.74. The number of hydrogen-bond donors (Lipinski definition) is 1. The lowest BCUT2D eigenvalue weighted by Crippen LogP contribution is -2.30. The van der Waals surface area contributed by atoms with Crippen LogP contribution in [-0.4, -0.2) is 47.1 Å². The summed E-state index contributed by atoms with van der Waals surface area (Å²) >= 11 is 0. The molecule has 0 spiro atoms. The van der Waals surface area contributed by atoms with Crippen LogP contribution in [0.5, 0.6) is 0 Å². The predicted octanol–water partition coefficient (Wildman–Crippen LogP) is 2.29. The fraction of sp³-hybridized carbons (Fsp3) is 0.286. The molecule has 9 heteroatoms. The van der Waals surface area contributed by atoms with E-state index in [0.29, 0.717) is 25.2 Å². The first kappa shape index (κ1) is 21.7. The molecule has 0 unspecified atom stereocenters. The summed E-state index contributed by atoms with van der Waals surface area (Å²) < 4.78 is 29.6. The van der Waals surface area contributed by atoms with E-state index in [2.05, 4.69) is 14.8 Å². The number of benzene rings is 2. The van der Waals surface area contributed by atoms with Gasteiger partial charge < -0.3 is 4.90 Å². The summed E-state index contributed by atoms with van der Waals surface area (Å²) in [5.41, 5.74) is 2.31. The molecule has 0 aliphatic rings. The van der Waals surface area contributed by atoms with Crippen molar-refractivity contribution >= 4 is 15.9 Å². The first-order valence-corrected chi connectivity index (χ1v) is 11.2. The van der Waals surface area contributed by atoms with Crippen molar-refractivity contribution in [3.63, 3.8) is 0 Å². The summed E-state index contributed by atoms with van der Waals surface area (Å²) in [6, 6.07) is 13.6. The molecule has 0 atom stereocenters. The van der Waals surface area contributed by atoms with Crippen molar-refractivity contribution in [1.82, 2.24) is 24.4 Å². The number of carbonyl (C=O) groups excluding carboxylic acids is 1. The van der Waals surface area contributed by atoms with Gasteiger partial charge >= 0.3 is 0 Å².